The van der Waals surface area contributed by atoms with Crippen LogP contribution >= 0.6 is 0 Å². The number of carbonyl (C=O) groups excluding carboxylic acids is 2. The smallest absolute Gasteiger partial charge is 0.319 e. The van der Waals surface area contributed by atoms with Gasteiger partial charge in [-0.05, 0) is 56.5 Å². The maximum absolute atomic E-state index is 12.4. The molecular weight excluding hydrogens is 292 g/mol. The summed E-state index contributed by atoms with van der Waals surface area (Å²) < 4.78 is 0. The van der Waals surface area contributed by atoms with Gasteiger partial charge in [-0.15, -0.1) is 0 Å². The average Bonchev–Trinajstić information content (AvgIpc) is 3.33. The third-order valence-electron chi connectivity index (χ3n) is 4.40. The number of amides is 3. The largest absolute Gasteiger partial charge is 0.349 e. The number of piperidine rings is 1. The van der Waals surface area contributed by atoms with E-state index in [4.69, 9.17) is 0 Å². The molecule has 3 rings (SSSR count). The zero-order valence-corrected chi connectivity index (χ0v) is 13.4. The third-order valence-corrected chi connectivity index (χ3v) is 4.40. The lowest BCUT2D eigenvalue weighted by Crippen LogP contribution is -2.48. The highest BCUT2D eigenvalue weighted by Gasteiger charge is 2.24. The van der Waals surface area contributed by atoms with E-state index >= 15 is 0 Å². The Bertz CT molecular complexity index is 586. The SMILES string of the molecule is CC1CNCCC1NC(=O)c1cccc(NC(=O)NC2CC2)c1. The highest BCUT2D eigenvalue weighted by atomic mass is 16.2. The van der Waals surface area contributed by atoms with Crippen molar-refractivity contribution in [1.29, 1.82) is 0 Å². The quantitative estimate of drug-likeness (QED) is 0.682. The summed E-state index contributed by atoms with van der Waals surface area (Å²) in [4.78, 5) is 24.2. The average molecular weight is 316 g/mol. The molecule has 2 unspecified atom stereocenters. The number of rotatable bonds is 4. The molecule has 0 bridgehead atoms. The zero-order chi connectivity index (χ0) is 16.2. The number of benzene rings is 1. The van der Waals surface area contributed by atoms with Crippen LogP contribution in [0.15, 0.2) is 24.3 Å². The van der Waals surface area contributed by atoms with Gasteiger partial charge in [0.15, 0.2) is 0 Å². The molecular formula is C17H24N4O2. The van der Waals surface area contributed by atoms with Gasteiger partial charge in [-0.1, -0.05) is 13.0 Å². The molecule has 0 radical (unpaired) electrons. The van der Waals surface area contributed by atoms with Gasteiger partial charge >= 0.3 is 6.03 Å². The zero-order valence-electron chi connectivity index (χ0n) is 13.4. The summed E-state index contributed by atoms with van der Waals surface area (Å²) in [6.07, 6.45) is 3.03. The van der Waals surface area contributed by atoms with Crippen molar-refractivity contribution < 1.29 is 9.59 Å². The van der Waals surface area contributed by atoms with Crippen molar-refractivity contribution in [3.8, 4) is 0 Å². The molecule has 1 saturated heterocycles. The fourth-order valence-corrected chi connectivity index (χ4v) is 2.80. The number of hydrogen-bond donors (Lipinski definition) is 4. The molecule has 1 aromatic carbocycles. The fourth-order valence-electron chi connectivity index (χ4n) is 2.80. The summed E-state index contributed by atoms with van der Waals surface area (Å²) >= 11 is 0. The van der Waals surface area contributed by atoms with Crippen LogP contribution in [-0.4, -0.2) is 37.1 Å². The number of hydrogen-bond acceptors (Lipinski definition) is 3. The van der Waals surface area contributed by atoms with E-state index in [2.05, 4.69) is 28.2 Å². The molecule has 6 heteroatoms. The normalized spacial score (nSPS) is 23.9. The Labute approximate surface area is 136 Å². The molecule has 6 nitrogen and oxygen atoms in total. The molecule has 1 saturated carbocycles. The number of carbonyl (C=O) groups is 2. The number of anilines is 1. The van der Waals surface area contributed by atoms with Gasteiger partial charge in [0.2, 0.25) is 0 Å². The molecule has 124 valence electrons. The van der Waals surface area contributed by atoms with E-state index in [9.17, 15) is 9.59 Å². The van der Waals surface area contributed by atoms with Gasteiger partial charge in [-0.25, -0.2) is 4.79 Å². The first-order chi connectivity index (χ1) is 11.1. The second kappa shape index (κ2) is 7.00. The molecule has 3 amide bonds. The Kier molecular flexibility index (Phi) is 4.81. The van der Waals surface area contributed by atoms with Crippen molar-refractivity contribution in [2.24, 2.45) is 5.92 Å². The van der Waals surface area contributed by atoms with Crippen LogP contribution in [0.4, 0.5) is 10.5 Å². The topological polar surface area (TPSA) is 82.3 Å². The summed E-state index contributed by atoms with van der Waals surface area (Å²) in [7, 11) is 0. The van der Waals surface area contributed by atoms with Crippen molar-refractivity contribution in [2.45, 2.75) is 38.3 Å². The Balaban J connectivity index is 1.59. The molecule has 4 N–H and O–H groups in total. The second-order valence-corrected chi connectivity index (χ2v) is 6.50. The van der Waals surface area contributed by atoms with Crippen LogP contribution in [0, 0.1) is 5.92 Å². The van der Waals surface area contributed by atoms with Crippen LogP contribution < -0.4 is 21.3 Å². The van der Waals surface area contributed by atoms with Crippen LogP contribution in [0.1, 0.15) is 36.5 Å². The molecule has 0 aromatic heterocycles. The molecule has 0 spiro atoms. The number of urea groups is 1. The first-order valence-electron chi connectivity index (χ1n) is 8.31. The van der Waals surface area contributed by atoms with E-state index in [1.54, 1.807) is 24.3 Å². The minimum atomic E-state index is -0.211. The maximum atomic E-state index is 12.4. The molecule has 2 atom stereocenters. The van der Waals surface area contributed by atoms with E-state index in [0.717, 1.165) is 32.4 Å². The molecule has 2 aliphatic rings. The summed E-state index contributed by atoms with van der Waals surface area (Å²) in [5.74, 6) is 0.327. The predicted octanol–water partition coefficient (Wildman–Crippen LogP) is 1.70. The van der Waals surface area contributed by atoms with E-state index in [1.165, 1.54) is 0 Å². The highest BCUT2D eigenvalue weighted by molar-refractivity contribution is 5.97. The van der Waals surface area contributed by atoms with E-state index < -0.39 is 0 Å². The molecule has 23 heavy (non-hydrogen) atoms. The monoisotopic (exact) mass is 316 g/mol. The predicted molar refractivity (Wildman–Crippen MR) is 89.5 cm³/mol. The Morgan fingerprint density at radius 2 is 2.00 bits per heavy atom. The molecule has 1 aromatic rings. The molecule has 1 aliphatic heterocycles. The standard InChI is InChI=1S/C17H24N4O2/c1-11-10-18-8-7-15(11)21-16(22)12-3-2-4-14(9-12)20-17(23)19-13-5-6-13/h2-4,9,11,13,15,18H,5-8,10H2,1H3,(H,21,22)(H2,19,20,23). The van der Waals surface area contributed by atoms with Gasteiger partial charge in [0, 0.05) is 23.3 Å². The van der Waals surface area contributed by atoms with Crippen LogP contribution in [-0.2, 0) is 0 Å². The highest BCUT2D eigenvalue weighted by Crippen LogP contribution is 2.19. The van der Waals surface area contributed by atoms with Crippen molar-refractivity contribution in [1.82, 2.24) is 16.0 Å². The van der Waals surface area contributed by atoms with Crippen LogP contribution in [0.3, 0.4) is 0 Å². The third kappa shape index (κ3) is 4.45. The van der Waals surface area contributed by atoms with E-state index in [0.29, 0.717) is 23.2 Å². The summed E-state index contributed by atoms with van der Waals surface area (Å²) in [5, 5.41) is 12.1. The van der Waals surface area contributed by atoms with Gasteiger partial charge in [0.1, 0.15) is 0 Å². The summed E-state index contributed by atoms with van der Waals surface area (Å²) in [6, 6.07) is 7.35. The van der Waals surface area contributed by atoms with Crippen molar-refractivity contribution in [3.63, 3.8) is 0 Å². The minimum Gasteiger partial charge on any atom is -0.349 e. The Hall–Kier alpha value is -2.08. The van der Waals surface area contributed by atoms with Crippen molar-refractivity contribution >= 4 is 17.6 Å². The first kappa shape index (κ1) is 15.8. The Morgan fingerprint density at radius 3 is 2.74 bits per heavy atom. The van der Waals surface area contributed by atoms with E-state index in [-0.39, 0.29) is 18.0 Å². The lowest BCUT2D eigenvalue weighted by Gasteiger charge is -2.30. The van der Waals surface area contributed by atoms with Gasteiger partial charge in [-0.3, -0.25) is 4.79 Å². The minimum absolute atomic E-state index is 0.0880. The van der Waals surface area contributed by atoms with Crippen LogP contribution in [0.25, 0.3) is 0 Å². The van der Waals surface area contributed by atoms with E-state index in [1.807, 2.05) is 0 Å². The summed E-state index contributed by atoms with van der Waals surface area (Å²) in [5.41, 5.74) is 1.20. The number of nitrogens with one attached hydrogen (secondary N) is 4. The Morgan fingerprint density at radius 1 is 1.17 bits per heavy atom. The van der Waals surface area contributed by atoms with Gasteiger partial charge < -0.3 is 21.3 Å². The van der Waals surface area contributed by atoms with Crippen molar-refractivity contribution in [3.05, 3.63) is 29.8 Å². The lowest BCUT2D eigenvalue weighted by atomic mass is 9.95. The van der Waals surface area contributed by atoms with Crippen molar-refractivity contribution in [2.75, 3.05) is 18.4 Å². The molecule has 2 fully saturated rings. The lowest BCUT2D eigenvalue weighted by molar-refractivity contribution is 0.0914. The van der Waals surface area contributed by atoms with Crippen LogP contribution in [0.5, 0.6) is 0 Å². The second-order valence-electron chi connectivity index (χ2n) is 6.50. The first-order valence-corrected chi connectivity index (χ1v) is 8.31. The van der Waals surface area contributed by atoms with Gasteiger partial charge in [0.05, 0.1) is 0 Å². The van der Waals surface area contributed by atoms with Crippen LogP contribution in [0.2, 0.25) is 0 Å². The van der Waals surface area contributed by atoms with Gasteiger partial charge in [0.25, 0.3) is 5.91 Å². The maximum Gasteiger partial charge on any atom is 0.319 e. The molecule has 1 aliphatic carbocycles. The molecule has 1 heterocycles. The van der Waals surface area contributed by atoms with Gasteiger partial charge in [-0.2, -0.15) is 0 Å². The fraction of sp³-hybridized carbons (Fsp3) is 0.529. The summed E-state index contributed by atoms with van der Waals surface area (Å²) in [6.45, 7) is 3.99.